The zero-order valence-electron chi connectivity index (χ0n) is 21.9. The van der Waals surface area contributed by atoms with Crippen LogP contribution in [0.1, 0.15) is 51.3 Å². The van der Waals surface area contributed by atoms with Gasteiger partial charge in [-0.25, -0.2) is 9.48 Å². The van der Waals surface area contributed by atoms with Crippen LogP contribution in [0.4, 0.5) is 5.95 Å². The van der Waals surface area contributed by atoms with Gasteiger partial charge in [-0.3, -0.25) is 0 Å². The van der Waals surface area contributed by atoms with Gasteiger partial charge < -0.3 is 19.5 Å². The first-order chi connectivity index (χ1) is 18.2. The monoisotopic (exact) mass is 620 g/mol. The number of allylic oxidation sites excluding steroid dienone is 1. The number of benzene rings is 2. The van der Waals surface area contributed by atoms with Gasteiger partial charge in [-0.2, -0.15) is 4.98 Å². The molecule has 1 N–H and O–H groups in total. The lowest BCUT2D eigenvalue weighted by molar-refractivity contribution is -0.143. The van der Waals surface area contributed by atoms with Crippen molar-refractivity contribution >= 4 is 51.2 Å². The second-order valence-electron chi connectivity index (χ2n) is 8.98. The molecule has 1 aliphatic heterocycles. The number of nitrogens with one attached hydrogen (secondary N) is 1. The van der Waals surface area contributed by atoms with Crippen molar-refractivity contribution in [3.05, 3.63) is 68.3 Å². The molecule has 1 unspecified atom stereocenters. The average Bonchev–Trinajstić information content (AvgIpc) is 3.28. The van der Waals surface area contributed by atoms with Gasteiger partial charge in [-0.1, -0.05) is 42.4 Å². The number of methoxy groups -OCH3 is 1. The Morgan fingerprint density at radius 1 is 1.26 bits per heavy atom. The first-order valence-corrected chi connectivity index (χ1v) is 14.4. The Kier molecular flexibility index (Phi) is 9.27. The molecular weight excluding hydrogens is 592 g/mol. The fourth-order valence-electron chi connectivity index (χ4n) is 4.01. The van der Waals surface area contributed by atoms with Gasteiger partial charge in [0.1, 0.15) is 12.6 Å². The molecule has 0 spiro atoms. The van der Waals surface area contributed by atoms with Crippen LogP contribution in [-0.4, -0.2) is 39.7 Å². The van der Waals surface area contributed by atoms with Crippen molar-refractivity contribution in [3.8, 4) is 11.5 Å². The van der Waals surface area contributed by atoms with Gasteiger partial charge in [-0.05, 0) is 78.5 Å². The summed E-state index contributed by atoms with van der Waals surface area (Å²) < 4.78 is 19.9. The average molecular weight is 622 g/mol. The van der Waals surface area contributed by atoms with Gasteiger partial charge in [0.25, 0.3) is 0 Å². The number of carbonyl (C=O) groups is 1. The van der Waals surface area contributed by atoms with Crippen molar-refractivity contribution in [2.45, 2.75) is 58.0 Å². The number of rotatable bonds is 10. The first-order valence-electron chi connectivity index (χ1n) is 12.2. The second-order valence-corrected chi connectivity index (χ2v) is 11.3. The van der Waals surface area contributed by atoms with E-state index in [1.807, 2.05) is 57.2 Å². The fraction of sp³-hybridized carbons (Fsp3) is 0.370. The molecule has 8 nitrogen and oxygen atoms in total. The van der Waals surface area contributed by atoms with E-state index < -0.39 is 12.0 Å². The minimum Gasteiger partial charge on any atom is -0.493 e. The summed E-state index contributed by atoms with van der Waals surface area (Å²) in [4.78, 5) is 18.0. The van der Waals surface area contributed by atoms with Gasteiger partial charge in [0, 0.05) is 16.5 Å². The highest BCUT2D eigenvalue weighted by atomic mass is 79.9. The predicted molar refractivity (Wildman–Crippen MR) is 153 cm³/mol. The van der Waals surface area contributed by atoms with Crippen LogP contribution in [0.15, 0.2) is 57.3 Å². The van der Waals surface area contributed by atoms with Crippen LogP contribution in [-0.2, 0) is 16.1 Å². The molecular formula is C27H30BrClN4O4S. The third-order valence-corrected chi connectivity index (χ3v) is 7.58. The molecule has 0 radical (unpaired) electrons. The molecule has 2 aromatic carbocycles. The molecule has 11 heteroatoms. The summed E-state index contributed by atoms with van der Waals surface area (Å²) in [5.74, 6) is 2.09. The summed E-state index contributed by atoms with van der Waals surface area (Å²) in [6.07, 6.45) is 0.720. The van der Waals surface area contributed by atoms with Crippen molar-refractivity contribution in [3.63, 3.8) is 0 Å². The van der Waals surface area contributed by atoms with Gasteiger partial charge in [0.15, 0.2) is 11.5 Å². The van der Waals surface area contributed by atoms with E-state index in [2.05, 4.69) is 33.2 Å². The molecule has 2 heterocycles. The number of carbonyl (C=O) groups excluding carboxylic acids is 1. The molecule has 202 valence electrons. The predicted octanol–water partition coefficient (Wildman–Crippen LogP) is 7.02. The zero-order chi connectivity index (χ0) is 27.4. The first kappa shape index (κ1) is 28.3. The Labute approximate surface area is 240 Å². The number of esters is 1. The number of ether oxygens (including phenoxy) is 3. The normalized spacial score (nSPS) is 14.8. The Morgan fingerprint density at radius 2 is 2.00 bits per heavy atom. The molecule has 0 bridgehead atoms. The number of hydrogen-bond acceptors (Lipinski definition) is 8. The maximum atomic E-state index is 13.3. The number of hydrogen-bond donors (Lipinski definition) is 1. The lowest BCUT2D eigenvalue weighted by Gasteiger charge is -2.29. The smallest absolute Gasteiger partial charge is 0.338 e. The number of aromatic nitrogens is 3. The van der Waals surface area contributed by atoms with Crippen molar-refractivity contribution in [1.29, 1.82) is 0 Å². The molecule has 0 aliphatic carbocycles. The van der Waals surface area contributed by atoms with E-state index in [-0.39, 0.29) is 6.10 Å². The summed E-state index contributed by atoms with van der Waals surface area (Å²) in [6.45, 7) is 7.93. The van der Waals surface area contributed by atoms with Crippen molar-refractivity contribution in [1.82, 2.24) is 14.8 Å². The highest BCUT2D eigenvalue weighted by Gasteiger charge is 2.36. The molecule has 0 amide bonds. The van der Waals surface area contributed by atoms with Gasteiger partial charge in [0.2, 0.25) is 11.1 Å². The maximum Gasteiger partial charge on any atom is 0.338 e. The van der Waals surface area contributed by atoms with Crippen LogP contribution in [0, 0.1) is 0 Å². The van der Waals surface area contributed by atoms with Crippen molar-refractivity contribution in [2.75, 3.05) is 18.2 Å². The largest absolute Gasteiger partial charge is 0.493 e. The van der Waals surface area contributed by atoms with Crippen LogP contribution in [0.2, 0.25) is 5.02 Å². The summed E-state index contributed by atoms with van der Waals surface area (Å²) in [7, 11) is 1.58. The van der Waals surface area contributed by atoms with Crippen LogP contribution in [0.3, 0.4) is 0 Å². The van der Waals surface area contributed by atoms with Gasteiger partial charge >= 0.3 is 5.97 Å². The fourth-order valence-corrected chi connectivity index (χ4v) is 5.39. The molecule has 1 aromatic heterocycles. The molecule has 4 rings (SSSR count). The van der Waals surface area contributed by atoms with Crippen LogP contribution < -0.4 is 14.8 Å². The van der Waals surface area contributed by atoms with Crippen LogP contribution in [0.5, 0.6) is 11.5 Å². The minimum absolute atomic E-state index is 0.277. The van der Waals surface area contributed by atoms with E-state index in [1.54, 1.807) is 23.6 Å². The highest BCUT2D eigenvalue weighted by molar-refractivity contribution is 9.10. The lowest BCUT2D eigenvalue weighted by Crippen LogP contribution is -2.30. The van der Waals surface area contributed by atoms with Gasteiger partial charge in [0.05, 0.1) is 23.3 Å². The maximum absolute atomic E-state index is 13.3. The lowest BCUT2D eigenvalue weighted by atomic mass is 9.95. The highest BCUT2D eigenvalue weighted by Crippen LogP contribution is 2.43. The van der Waals surface area contributed by atoms with Crippen molar-refractivity contribution < 1.29 is 19.0 Å². The molecule has 0 saturated carbocycles. The third-order valence-electron chi connectivity index (χ3n) is 5.70. The van der Waals surface area contributed by atoms with E-state index in [4.69, 9.17) is 30.9 Å². The number of nitrogens with zero attached hydrogens (tertiary/aromatic N) is 3. The second kappa shape index (κ2) is 12.4. The quantitative estimate of drug-likeness (QED) is 0.191. The van der Waals surface area contributed by atoms with Crippen LogP contribution in [0.25, 0.3) is 0 Å². The number of anilines is 1. The SMILES string of the molecule is CCCSc1nc2n(n1)C(c1cc(Br)c(OCc3ccc(Cl)cc3)c(OC)c1)C(C(=O)OC(C)C)=C(C)N2. The summed E-state index contributed by atoms with van der Waals surface area (Å²) in [5.41, 5.74) is 2.84. The molecule has 1 atom stereocenters. The minimum atomic E-state index is -0.587. The molecule has 1 aliphatic rings. The van der Waals surface area contributed by atoms with E-state index in [1.165, 1.54) is 0 Å². The third kappa shape index (κ3) is 6.30. The van der Waals surface area contributed by atoms with Gasteiger partial charge in [-0.15, -0.1) is 5.10 Å². The number of halogens is 2. The van der Waals surface area contributed by atoms with E-state index in [0.29, 0.717) is 50.0 Å². The Bertz CT molecular complexity index is 1340. The molecule has 0 fully saturated rings. The van der Waals surface area contributed by atoms with E-state index in [9.17, 15) is 4.79 Å². The number of thioether (sulfide) groups is 1. The van der Waals surface area contributed by atoms with Crippen molar-refractivity contribution in [2.24, 2.45) is 0 Å². The van der Waals surface area contributed by atoms with E-state index >= 15 is 0 Å². The number of fused-ring (bicyclic) bond motifs is 1. The molecule has 0 saturated heterocycles. The van der Waals surface area contributed by atoms with E-state index in [0.717, 1.165) is 23.3 Å². The summed E-state index contributed by atoms with van der Waals surface area (Å²) in [6, 6.07) is 10.6. The zero-order valence-corrected chi connectivity index (χ0v) is 25.0. The molecule has 38 heavy (non-hydrogen) atoms. The standard InChI is InChI=1S/C27H30BrClN4O4S/c1-6-11-38-27-31-26-30-16(4)22(25(34)37-15(2)3)23(33(26)32-27)18-12-20(28)24(21(13-18)35-5)36-14-17-7-9-19(29)10-8-17/h7-10,12-13,15,23H,6,11,14H2,1-5H3,(H,30,31,32). The summed E-state index contributed by atoms with van der Waals surface area (Å²) >= 11 is 11.2. The molecule has 3 aromatic rings. The topological polar surface area (TPSA) is 87.5 Å². The summed E-state index contributed by atoms with van der Waals surface area (Å²) in [5, 5.41) is 9.29. The Balaban J connectivity index is 1.75. The Morgan fingerprint density at radius 3 is 2.66 bits per heavy atom. The Hall–Kier alpha value is -2.69. The van der Waals surface area contributed by atoms with Crippen LogP contribution >= 0.6 is 39.3 Å².